The van der Waals surface area contributed by atoms with Crippen molar-refractivity contribution >= 4 is 5.91 Å². The molecular formula is C10H18N2O2. The zero-order chi connectivity index (χ0) is 10.6. The Morgan fingerprint density at radius 2 is 2.21 bits per heavy atom. The van der Waals surface area contributed by atoms with Crippen LogP contribution in [0.2, 0.25) is 0 Å². The smallest absolute Gasteiger partial charge is 0.249 e. The number of carbonyl (C=O) groups excluding carboxylic acids is 1. The topological polar surface area (TPSA) is 52.6 Å². The Morgan fingerprint density at radius 1 is 1.57 bits per heavy atom. The van der Waals surface area contributed by atoms with E-state index in [9.17, 15) is 4.79 Å². The number of carbonyl (C=O) groups is 1. The van der Waals surface area contributed by atoms with Gasteiger partial charge in [-0.15, -0.1) is 0 Å². The zero-order valence-corrected chi connectivity index (χ0v) is 8.84. The van der Waals surface area contributed by atoms with Gasteiger partial charge in [0, 0.05) is 31.8 Å². The molecule has 0 aromatic carbocycles. The Balaban J connectivity index is 2.61. The first kappa shape index (κ1) is 11.2. The highest BCUT2D eigenvalue weighted by atomic mass is 16.3. The Kier molecular flexibility index (Phi) is 4.10. The molecule has 4 heteroatoms. The summed E-state index contributed by atoms with van der Waals surface area (Å²) in [6, 6.07) is 0. The molecule has 0 unspecified atom stereocenters. The molecule has 0 aliphatic carbocycles. The molecule has 0 atom stereocenters. The largest absolute Gasteiger partial charge is 0.395 e. The zero-order valence-electron chi connectivity index (χ0n) is 8.84. The average molecular weight is 198 g/mol. The highest BCUT2D eigenvalue weighted by molar-refractivity contribution is 5.94. The minimum Gasteiger partial charge on any atom is -0.395 e. The van der Waals surface area contributed by atoms with Crippen LogP contribution in [0.3, 0.4) is 0 Å². The summed E-state index contributed by atoms with van der Waals surface area (Å²) in [7, 11) is 0. The van der Waals surface area contributed by atoms with E-state index in [0.29, 0.717) is 13.1 Å². The molecule has 4 nitrogen and oxygen atoms in total. The van der Waals surface area contributed by atoms with Gasteiger partial charge in [-0.1, -0.05) is 0 Å². The van der Waals surface area contributed by atoms with Crippen molar-refractivity contribution in [1.82, 2.24) is 10.2 Å². The van der Waals surface area contributed by atoms with E-state index in [-0.39, 0.29) is 12.5 Å². The molecule has 1 aliphatic rings. The Morgan fingerprint density at radius 3 is 2.57 bits per heavy atom. The van der Waals surface area contributed by atoms with Crippen LogP contribution in [0, 0.1) is 0 Å². The van der Waals surface area contributed by atoms with Crippen LogP contribution in [-0.4, -0.2) is 48.7 Å². The molecule has 1 fully saturated rings. The molecule has 0 bridgehead atoms. The van der Waals surface area contributed by atoms with Gasteiger partial charge in [0.1, 0.15) is 0 Å². The van der Waals surface area contributed by atoms with E-state index < -0.39 is 0 Å². The molecule has 1 heterocycles. The van der Waals surface area contributed by atoms with Gasteiger partial charge in [-0.05, 0) is 19.4 Å². The summed E-state index contributed by atoms with van der Waals surface area (Å²) in [6.45, 7) is 6.54. The average Bonchev–Trinajstić information content (AvgIpc) is 2.10. The second-order valence-corrected chi connectivity index (χ2v) is 3.44. The van der Waals surface area contributed by atoms with Crippen LogP contribution < -0.4 is 5.32 Å². The van der Waals surface area contributed by atoms with Crippen molar-refractivity contribution < 1.29 is 9.90 Å². The van der Waals surface area contributed by atoms with Gasteiger partial charge < -0.3 is 15.3 Å². The van der Waals surface area contributed by atoms with Crippen molar-refractivity contribution in [1.29, 1.82) is 0 Å². The lowest BCUT2D eigenvalue weighted by molar-refractivity contribution is -0.127. The Labute approximate surface area is 84.6 Å². The maximum atomic E-state index is 11.8. The van der Waals surface area contributed by atoms with E-state index in [1.165, 1.54) is 5.57 Å². The number of hydrogen-bond acceptors (Lipinski definition) is 3. The molecule has 14 heavy (non-hydrogen) atoms. The summed E-state index contributed by atoms with van der Waals surface area (Å²) in [6.07, 6.45) is 0. The predicted molar refractivity (Wildman–Crippen MR) is 54.9 cm³/mol. The Bertz CT molecular complexity index is 243. The first-order valence-electron chi connectivity index (χ1n) is 5.00. The van der Waals surface area contributed by atoms with E-state index >= 15 is 0 Å². The van der Waals surface area contributed by atoms with Crippen LogP contribution in [0.1, 0.15) is 13.8 Å². The summed E-state index contributed by atoms with van der Waals surface area (Å²) in [5.41, 5.74) is 2.02. The molecular weight excluding hydrogens is 180 g/mol. The molecule has 1 amide bonds. The number of aliphatic hydroxyl groups excluding tert-OH is 1. The lowest BCUT2D eigenvalue weighted by Gasteiger charge is -2.25. The number of nitrogens with one attached hydrogen (secondary N) is 1. The van der Waals surface area contributed by atoms with Crippen LogP contribution in [0.25, 0.3) is 0 Å². The van der Waals surface area contributed by atoms with Crippen molar-refractivity contribution in [3.05, 3.63) is 11.1 Å². The van der Waals surface area contributed by atoms with Crippen LogP contribution in [0.5, 0.6) is 0 Å². The number of nitrogens with zero attached hydrogens (tertiary/aromatic N) is 1. The first-order valence-corrected chi connectivity index (χ1v) is 5.00. The summed E-state index contributed by atoms with van der Waals surface area (Å²) in [5.74, 6) is 0.0538. The molecule has 1 saturated heterocycles. The van der Waals surface area contributed by atoms with Crippen molar-refractivity contribution in [2.75, 3.05) is 32.8 Å². The SMILES string of the molecule is CCN(CCO)C(=O)C(C)=C1CNC1. The second kappa shape index (κ2) is 5.12. The fraction of sp³-hybridized carbons (Fsp3) is 0.700. The normalized spacial score (nSPS) is 14.9. The quantitative estimate of drug-likeness (QED) is 0.612. The van der Waals surface area contributed by atoms with E-state index in [1.807, 2.05) is 13.8 Å². The Hall–Kier alpha value is -0.870. The monoisotopic (exact) mass is 198 g/mol. The van der Waals surface area contributed by atoms with Crippen molar-refractivity contribution in [3.8, 4) is 0 Å². The van der Waals surface area contributed by atoms with E-state index in [1.54, 1.807) is 4.90 Å². The van der Waals surface area contributed by atoms with Gasteiger partial charge in [-0.3, -0.25) is 4.79 Å². The van der Waals surface area contributed by atoms with E-state index in [2.05, 4.69) is 5.32 Å². The van der Waals surface area contributed by atoms with E-state index in [4.69, 9.17) is 5.11 Å². The van der Waals surface area contributed by atoms with E-state index in [0.717, 1.165) is 18.7 Å². The lowest BCUT2D eigenvalue weighted by atomic mass is 10.0. The van der Waals surface area contributed by atoms with Crippen LogP contribution in [0.15, 0.2) is 11.1 Å². The van der Waals surface area contributed by atoms with Crippen LogP contribution >= 0.6 is 0 Å². The molecule has 0 saturated carbocycles. The summed E-state index contributed by atoms with van der Waals surface area (Å²) < 4.78 is 0. The van der Waals surface area contributed by atoms with Gasteiger partial charge in [-0.2, -0.15) is 0 Å². The van der Waals surface area contributed by atoms with Gasteiger partial charge in [0.2, 0.25) is 5.91 Å². The molecule has 80 valence electrons. The number of aliphatic hydroxyl groups is 1. The molecule has 1 rings (SSSR count). The number of rotatable bonds is 4. The van der Waals surface area contributed by atoms with Gasteiger partial charge >= 0.3 is 0 Å². The highest BCUT2D eigenvalue weighted by Gasteiger charge is 2.19. The minimum absolute atomic E-state index is 0.0282. The molecule has 0 spiro atoms. The molecule has 0 aromatic heterocycles. The highest BCUT2D eigenvalue weighted by Crippen LogP contribution is 2.11. The molecule has 0 radical (unpaired) electrons. The molecule has 1 aliphatic heterocycles. The summed E-state index contributed by atoms with van der Waals surface area (Å²) in [5, 5.41) is 11.9. The van der Waals surface area contributed by atoms with Crippen molar-refractivity contribution in [3.63, 3.8) is 0 Å². The molecule has 2 N–H and O–H groups in total. The standard InChI is InChI=1S/C10H18N2O2/c1-3-12(4-5-13)10(14)8(2)9-6-11-7-9/h11,13H,3-7H2,1-2H3. The maximum absolute atomic E-state index is 11.8. The fourth-order valence-corrected chi connectivity index (χ4v) is 1.43. The van der Waals surface area contributed by atoms with Crippen molar-refractivity contribution in [2.24, 2.45) is 0 Å². The second-order valence-electron chi connectivity index (χ2n) is 3.44. The van der Waals surface area contributed by atoms with Gasteiger partial charge in [0.15, 0.2) is 0 Å². The van der Waals surface area contributed by atoms with Crippen molar-refractivity contribution in [2.45, 2.75) is 13.8 Å². The first-order chi connectivity index (χ1) is 6.70. The third-order valence-corrected chi connectivity index (χ3v) is 2.57. The summed E-state index contributed by atoms with van der Waals surface area (Å²) in [4.78, 5) is 13.5. The third-order valence-electron chi connectivity index (χ3n) is 2.57. The van der Waals surface area contributed by atoms with Gasteiger partial charge in [0.25, 0.3) is 0 Å². The van der Waals surface area contributed by atoms with Gasteiger partial charge in [0.05, 0.1) is 6.61 Å². The maximum Gasteiger partial charge on any atom is 0.249 e. The van der Waals surface area contributed by atoms with Crippen LogP contribution in [0.4, 0.5) is 0 Å². The third kappa shape index (κ3) is 2.33. The minimum atomic E-state index is 0.0282. The predicted octanol–water partition coefficient (Wildman–Crippen LogP) is -0.253. The molecule has 0 aromatic rings. The number of amides is 1. The van der Waals surface area contributed by atoms with Gasteiger partial charge in [-0.25, -0.2) is 0 Å². The summed E-state index contributed by atoms with van der Waals surface area (Å²) >= 11 is 0. The van der Waals surface area contributed by atoms with Crippen LogP contribution in [-0.2, 0) is 4.79 Å². The fourth-order valence-electron chi connectivity index (χ4n) is 1.43. The lowest BCUT2D eigenvalue weighted by Crippen LogP contribution is -2.40. The number of hydrogen-bond donors (Lipinski definition) is 2. The number of likely N-dealkylation sites (N-methyl/N-ethyl adjacent to an activating group) is 1.